The van der Waals surface area contributed by atoms with Crippen LogP contribution in [0.5, 0.6) is 0 Å². The molecule has 79 heavy (non-hydrogen) atoms. The first kappa shape index (κ1) is 75.3. The molecule has 0 bridgehead atoms. The smallest absolute Gasteiger partial charge is 0.394 e. The second-order valence-electron chi connectivity index (χ2n) is 23.4. The number of aliphatic hydroxyl groups excluding tert-OH is 4. The predicted molar refractivity (Wildman–Crippen MR) is 328 cm³/mol. The highest BCUT2D eigenvalue weighted by atomic mass is 32.3. The van der Waals surface area contributed by atoms with Gasteiger partial charge in [0.05, 0.1) is 25.4 Å². The lowest BCUT2D eigenvalue weighted by atomic mass is 9.99. The third-order valence-corrected chi connectivity index (χ3v) is 16.4. The van der Waals surface area contributed by atoms with Gasteiger partial charge in [0.1, 0.15) is 24.4 Å². The van der Waals surface area contributed by atoms with Crippen LogP contribution in [0.3, 0.4) is 0 Å². The fraction of sp³-hybridized carbons (Fsp3) is 0.894. The lowest BCUT2D eigenvalue weighted by molar-refractivity contribution is -0.298. The van der Waals surface area contributed by atoms with E-state index in [1.807, 2.05) is 6.08 Å². The van der Waals surface area contributed by atoms with Crippen LogP contribution in [-0.4, -0.2) is 95.4 Å². The second kappa shape index (κ2) is 55.5. The zero-order valence-electron chi connectivity index (χ0n) is 51.0. The Labute approximate surface area is 485 Å². The number of carbonyl (C=O) groups excluding carboxylic acids is 1. The average Bonchev–Trinajstić information content (AvgIpc) is 3.44. The molecule has 1 saturated heterocycles. The molecule has 1 aliphatic rings. The van der Waals surface area contributed by atoms with E-state index in [2.05, 4.69) is 47.7 Å². The number of nitrogens with one attached hydrogen (secondary N) is 1. The molecule has 1 rings (SSSR count). The van der Waals surface area contributed by atoms with Crippen molar-refractivity contribution in [3.8, 4) is 0 Å². The molecule has 1 aliphatic heterocycles. The monoisotopic (exact) mass is 1140 g/mol. The lowest BCUT2D eigenvalue weighted by Crippen LogP contribution is -2.61. The number of hydrogen-bond acceptors (Lipinski definition) is 10. The molecule has 0 aliphatic carbocycles. The Morgan fingerprint density at radius 3 is 1.20 bits per heavy atom. The van der Waals surface area contributed by atoms with Gasteiger partial charge in [0.15, 0.2) is 6.29 Å². The molecule has 0 aromatic rings. The first-order valence-electron chi connectivity index (χ1n) is 33.4. The maximum Gasteiger partial charge on any atom is 0.397 e. The number of unbranched alkanes of at least 4 members (excludes halogenated alkanes) is 43. The van der Waals surface area contributed by atoms with Crippen LogP contribution >= 0.6 is 0 Å². The molecule has 0 aromatic heterocycles. The normalized spacial score (nSPS) is 18.9. The van der Waals surface area contributed by atoms with Gasteiger partial charge in [0.25, 0.3) is 0 Å². The van der Waals surface area contributed by atoms with Crippen LogP contribution in [-0.2, 0) is 28.9 Å². The molecule has 0 spiro atoms. The summed E-state index contributed by atoms with van der Waals surface area (Å²) < 4.78 is 48.0. The highest BCUT2D eigenvalue weighted by Gasteiger charge is 2.48. The molecule has 7 atom stereocenters. The minimum atomic E-state index is -5.09. The lowest BCUT2D eigenvalue weighted by Gasteiger charge is -2.41. The van der Waals surface area contributed by atoms with Crippen molar-refractivity contribution in [2.75, 3.05) is 13.2 Å². The number of ether oxygens (including phenoxy) is 2. The molecule has 0 radical (unpaired) electrons. The summed E-state index contributed by atoms with van der Waals surface area (Å²) in [7, 11) is -5.09. The predicted octanol–water partition coefficient (Wildman–Crippen LogP) is 16.9. The van der Waals surface area contributed by atoms with Crippen LogP contribution in [0, 0.1) is 0 Å². The molecule has 466 valence electrons. The summed E-state index contributed by atoms with van der Waals surface area (Å²) in [5, 5.41) is 45.1. The number of hydrogen-bond donors (Lipinski definition) is 6. The third kappa shape index (κ3) is 47.4. The molecule has 1 amide bonds. The number of aliphatic hydroxyl groups is 4. The van der Waals surface area contributed by atoms with E-state index in [0.717, 1.165) is 44.9 Å². The number of carbonyl (C=O) groups is 1. The van der Waals surface area contributed by atoms with Crippen LogP contribution in [0.2, 0.25) is 0 Å². The number of allylic oxidation sites excluding steroid dienone is 5. The van der Waals surface area contributed by atoms with Gasteiger partial charge in [-0.05, 0) is 51.4 Å². The summed E-state index contributed by atoms with van der Waals surface area (Å²) >= 11 is 0. The molecule has 13 heteroatoms. The Balaban J connectivity index is 2.29. The maximum absolute atomic E-state index is 13.2. The SMILES string of the molecule is CCCCCCCCCCC/C=C\C/C=C\CCCCCCCCCCCCCCCC(=O)NC(COC1OC(CO)C(O)C(OS(=O)(=O)O)C1O)C(O)/C=C/CCCCCCCCCCCCCCCCCCCCCCC. The van der Waals surface area contributed by atoms with Crippen molar-refractivity contribution in [2.45, 2.75) is 365 Å². The fourth-order valence-corrected chi connectivity index (χ4v) is 11.3. The number of amides is 1. The zero-order valence-corrected chi connectivity index (χ0v) is 51.8. The van der Waals surface area contributed by atoms with Crippen molar-refractivity contribution in [3.05, 3.63) is 36.5 Å². The van der Waals surface area contributed by atoms with E-state index in [1.165, 1.54) is 250 Å². The van der Waals surface area contributed by atoms with Gasteiger partial charge >= 0.3 is 10.4 Å². The number of rotatable bonds is 59. The van der Waals surface area contributed by atoms with Crippen LogP contribution in [0.4, 0.5) is 0 Å². The Morgan fingerprint density at radius 2 is 0.848 bits per heavy atom. The molecule has 12 nitrogen and oxygen atoms in total. The Morgan fingerprint density at radius 1 is 0.506 bits per heavy atom. The van der Waals surface area contributed by atoms with Crippen molar-refractivity contribution >= 4 is 16.3 Å². The van der Waals surface area contributed by atoms with Crippen molar-refractivity contribution in [2.24, 2.45) is 0 Å². The van der Waals surface area contributed by atoms with Gasteiger partial charge in [-0.1, -0.05) is 301 Å². The molecule has 0 saturated carbocycles. The van der Waals surface area contributed by atoms with Gasteiger partial charge in [0.2, 0.25) is 5.91 Å². The minimum absolute atomic E-state index is 0.259. The summed E-state index contributed by atoms with van der Waals surface area (Å²) in [5.74, 6) is -0.259. The van der Waals surface area contributed by atoms with E-state index < -0.39 is 59.9 Å². The second-order valence-corrected chi connectivity index (χ2v) is 24.5. The van der Waals surface area contributed by atoms with Crippen LogP contribution in [0.25, 0.3) is 0 Å². The van der Waals surface area contributed by atoms with E-state index in [1.54, 1.807) is 6.08 Å². The van der Waals surface area contributed by atoms with Gasteiger partial charge in [-0.15, -0.1) is 0 Å². The van der Waals surface area contributed by atoms with E-state index in [4.69, 9.17) is 9.47 Å². The van der Waals surface area contributed by atoms with Crippen molar-refractivity contribution in [1.29, 1.82) is 0 Å². The molecule has 7 unspecified atom stereocenters. The summed E-state index contributed by atoms with van der Waals surface area (Å²) in [6.45, 7) is 3.45. The van der Waals surface area contributed by atoms with Crippen molar-refractivity contribution in [1.82, 2.24) is 5.32 Å². The van der Waals surface area contributed by atoms with Gasteiger partial charge in [-0.25, -0.2) is 4.18 Å². The molecule has 0 aromatic carbocycles. The van der Waals surface area contributed by atoms with Crippen molar-refractivity contribution < 1.29 is 51.8 Å². The summed E-state index contributed by atoms with van der Waals surface area (Å²) in [6, 6.07) is -0.946. The van der Waals surface area contributed by atoms with Crippen LogP contribution in [0.15, 0.2) is 36.5 Å². The van der Waals surface area contributed by atoms with E-state index in [0.29, 0.717) is 6.42 Å². The Kier molecular flexibility index (Phi) is 52.9. The summed E-state index contributed by atoms with van der Waals surface area (Å²) in [5.41, 5.74) is 0. The highest BCUT2D eigenvalue weighted by Crippen LogP contribution is 2.26. The van der Waals surface area contributed by atoms with Crippen LogP contribution in [0.1, 0.15) is 322 Å². The summed E-state index contributed by atoms with van der Waals surface area (Å²) in [4.78, 5) is 13.2. The van der Waals surface area contributed by atoms with Crippen molar-refractivity contribution in [3.63, 3.8) is 0 Å². The Bertz CT molecular complexity index is 1530. The van der Waals surface area contributed by atoms with Gasteiger partial charge in [-0.2, -0.15) is 8.42 Å². The van der Waals surface area contributed by atoms with Gasteiger partial charge in [0, 0.05) is 6.42 Å². The molecule has 6 N–H and O–H groups in total. The molecule has 1 heterocycles. The Hall–Kier alpha value is -1.68. The quantitative estimate of drug-likeness (QED) is 0.0193. The molecular formula is C66H125NO11S. The first-order valence-corrected chi connectivity index (χ1v) is 34.7. The maximum atomic E-state index is 13.2. The first-order chi connectivity index (χ1) is 38.5. The average molecular weight is 1140 g/mol. The summed E-state index contributed by atoms with van der Waals surface area (Å²) in [6.07, 6.45) is 63.5. The van der Waals surface area contributed by atoms with Gasteiger partial charge in [-0.3, -0.25) is 9.35 Å². The third-order valence-electron chi connectivity index (χ3n) is 15.9. The van der Waals surface area contributed by atoms with E-state index in [-0.39, 0.29) is 18.9 Å². The fourth-order valence-electron chi connectivity index (χ4n) is 10.8. The molecular weight excluding hydrogens is 1010 g/mol. The minimum Gasteiger partial charge on any atom is -0.394 e. The van der Waals surface area contributed by atoms with E-state index >= 15 is 0 Å². The zero-order chi connectivity index (χ0) is 57.5. The highest BCUT2D eigenvalue weighted by molar-refractivity contribution is 7.80. The van der Waals surface area contributed by atoms with E-state index in [9.17, 15) is 38.2 Å². The van der Waals surface area contributed by atoms with Crippen LogP contribution < -0.4 is 5.32 Å². The molecule has 1 fully saturated rings. The van der Waals surface area contributed by atoms with Gasteiger partial charge < -0.3 is 35.2 Å². The standard InChI is InChI=1S/C66H125NO11S/c1-3-5-7-9-11-13-15-17-19-21-23-25-27-28-29-30-31-32-34-36-38-40-42-44-46-48-50-52-54-56-62(70)67-59(58-76-66-64(72)65(78-79(73,74)75)63(71)61(57-68)77-66)60(69)55-53-51-49-47-45-43-41-39-37-35-33-26-24-22-20-18-16-14-12-10-8-6-4-2/h23,25,28-29,53,55,59-61,63-66,68-69,71-72H,3-22,24,26-27,30-52,54,56-58H2,1-2H3,(H,67,70)(H,73,74,75)/b25-23-,29-28-,55-53+. The largest absolute Gasteiger partial charge is 0.397 e. The topological polar surface area (TPSA) is 192 Å².